The molecule has 0 spiro atoms. The van der Waals surface area contributed by atoms with Crippen LogP contribution in [0.15, 0.2) is 24.5 Å². The van der Waals surface area contributed by atoms with Crippen LogP contribution in [0.25, 0.3) is 10.9 Å². The van der Waals surface area contributed by atoms with E-state index in [1.807, 2.05) is 4.90 Å². The number of aromatic nitrogens is 2. The van der Waals surface area contributed by atoms with Gasteiger partial charge in [-0.25, -0.2) is 14.8 Å². The Morgan fingerprint density at radius 1 is 1.24 bits per heavy atom. The summed E-state index contributed by atoms with van der Waals surface area (Å²) in [5, 5.41) is 4.03. The van der Waals surface area contributed by atoms with E-state index in [4.69, 9.17) is 0 Å². The summed E-state index contributed by atoms with van der Waals surface area (Å²) in [7, 11) is 0. The van der Waals surface area contributed by atoms with Gasteiger partial charge >= 0.3 is 6.03 Å². The molecule has 25 heavy (non-hydrogen) atoms. The van der Waals surface area contributed by atoms with Crippen molar-refractivity contribution in [3.63, 3.8) is 0 Å². The van der Waals surface area contributed by atoms with Crippen molar-refractivity contribution >= 4 is 22.8 Å². The summed E-state index contributed by atoms with van der Waals surface area (Å²) in [5.41, 5.74) is 2.28. The third-order valence-electron chi connectivity index (χ3n) is 5.33. The normalized spacial score (nSPS) is 21.2. The monoisotopic (exact) mass is 339 g/mol. The lowest BCUT2D eigenvalue weighted by atomic mass is 10.00. The van der Waals surface area contributed by atoms with Gasteiger partial charge in [-0.1, -0.05) is 19.9 Å². The van der Waals surface area contributed by atoms with Gasteiger partial charge in [0.1, 0.15) is 12.1 Å². The third-order valence-corrected chi connectivity index (χ3v) is 5.33. The van der Waals surface area contributed by atoms with Gasteiger partial charge in [0.25, 0.3) is 0 Å². The lowest BCUT2D eigenvalue weighted by molar-refractivity contribution is 0.189. The number of carbonyl (C=O) groups excluding carboxylic acids is 1. The minimum Gasteiger partial charge on any atom is -0.354 e. The van der Waals surface area contributed by atoms with Crippen LogP contribution in [0.1, 0.15) is 38.2 Å². The van der Waals surface area contributed by atoms with Crippen molar-refractivity contribution in [1.82, 2.24) is 20.2 Å². The van der Waals surface area contributed by atoms with Crippen molar-refractivity contribution < 1.29 is 4.79 Å². The maximum atomic E-state index is 12.0. The van der Waals surface area contributed by atoms with Crippen LogP contribution in [0.3, 0.4) is 0 Å². The predicted molar refractivity (Wildman–Crippen MR) is 99.0 cm³/mol. The SMILES string of the molecule is CC(C)c1ccc2ncnc(N3CCCC(N4CCNC4=O)C3)c2c1. The molecule has 3 heterocycles. The second-order valence-electron chi connectivity index (χ2n) is 7.30. The van der Waals surface area contributed by atoms with Gasteiger partial charge in [0.05, 0.1) is 11.6 Å². The van der Waals surface area contributed by atoms with E-state index in [-0.39, 0.29) is 12.1 Å². The van der Waals surface area contributed by atoms with Crippen molar-refractivity contribution in [3.8, 4) is 0 Å². The Morgan fingerprint density at radius 3 is 2.88 bits per heavy atom. The van der Waals surface area contributed by atoms with Gasteiger partial charge in [-0.15, -0.1) is 0 Å². The second-order valence-corrected chi connectivity index (χ2v) is 7.30. The molecular weight excluding hydrogens is 314 g/mol. The van der Waals surface area contributed by atoms with Crippen molar-refractivity contribution in [2.24, 2.45) is 0 Å². The smallest absolute Gasteiger partial charge is 0.317 e. The van der Waals surface area contributed by atoms with Crippen LogP contribution >= 0.6 is 0 Å². The molecule has 4 rings (SSSR count). The number of rotatable bonds is 3. The zero-order chi connectivity index (χ0) is 17.4. The predicted octanol–water partition coefficient (Wildman–Crippen LogP) is 2.75. The van der Waals surface area contributed by atoms with Crippen LogP contribution in [0, 0.1) is 0 Å². The van der Waals surface area contributed by atoms with E-state index < -0.39 is 0 Å². The molecule has 0 saturated carbocycles. The fraction of sp³-hybridized carbons (Fsp3) is 0.526. The van der Waals surface area contributed by atoms with Crippen molar-refractivity contribution in [3.05, 3.63) is 30.1 Å². The number of carbonyl (C=O) groups is 1. The topological polar surface area (TPSA) is 61.4 Å². The Morgan fingerprint density at radius 2 is 2.12 bits per heavy atom. The Balaban J connectivity index is 1.66. The Bertz CT molecular complexity index is 790. The third kappa shape index (κ3) is 3.01. The van der Waals surface area contributed by atoms with Gasteiger partial charge in [-0.2, -0.15) is 0 Å². The van der Waals surface area contributed by atoms with Crippen LogP contribution in [0.2, 0.25) is 0 Å². The molecule has 0 aliphatic carbocycles. The molecule has 6 nitrogen and oxygen atoms in total. The molecule has 1 N–H and O–H groups in total. The number of hydrogen-bond acceptors (Lipinski definition) is 4. The van der Waals surface area contributed by atoms with E-state index >= 15 is 0 Å². The standard InChI is InChI=1S/C19H25N5O/c1-13(2)14-5-6-17-16(10-14)18(22-12-21-17)23-8-3-4-15(11-23)24-9-7-20-19(24)25/h5-6,10,12-13,15H,3-4,7-9,11H2,1-2H3,(H,20,25). The largest absolute Gasteiger partial charge is 0.354 e. The van der Waals surface area contributed by atoms with Crippen molar-refractivity contribution in [2.75, 3.05) is 31.1 Å². The number of nitrogens with one attached hydrogen (secondary N) is 1. The quantitative estimate of drug-likeness (QED) is 0.934. The number of anilines is 1. The molecule has 1 unspecified atom stereocenters. The molecule has 1 aromatic heterocycles. The van der Waals surface area contributed by atoms with Gasteiger partial charge in [-0.05, 0) is 36.5 Å². The average molecular weight is 339 g/mol. The number of amides is 2. The Labute approximate surface area is 148 Å². The van der Waals surface area contributed by atoms with Gasteiger partial charge in [0.2, 0.25) is 0 Å². The first-order valence-electron chi connectivity index (χ1n) is 9.17. The number of fused-ring (bicyclic) bond motifs is 1. The molecule has 132 valence electrons. The summed E-state index contributed by atoms with van der Waals surface area (Å²) in [6.07, 6.45) is 3.78. The number of piperidine rings is 1. The molecule has 2 fully saturated rings. The molecule has 1 aromatic carbocycles. The zero-order valence-corrected chi connectivity index (χ0v) is 14.9. The van der Waals surface area contributed by atoms with E-state index in [0.717, 1.165) is 55.7 Å². The average Bonchev–Trinajstić information content (AvgIpc) is 3.07. The minimum atomic E-state index is 0.0708. The maximum Gasteiger partial charge on any atom is 0.317 e. The highest BCUT2D eigenvalue weighted by Crippen LogP contribution is 2.29. The number of hydrogen-bond donors (Lipinski definition) is 1. The van der Waals surface area contributed by atoms with E-state index in [9.17, 15) is 4.79 Å². The van der Waals surface area contributed by atoms with Crippen LogP contribution < -0.4 is 10.2 Å². The van der Waals surface area contributed by atoms with E-state index in [2.05, 4.69) is 52.2 Å². The van der Waals surface area contributed by atoms with Crippen molar-refractivity contribution in [2.45, 2.75) is 38.6 Å². The van der Waals surface area contributed by atoms with Crippen LogP contribution in [0.5, 0.6) is 0 Å². The lowest BCUT2D eigenvalue weighted by Gasteiger charge is -2.38. The molecule has 2 saturated heterocycles. The van der Waals surface area contributed by atoms with Gasteiger partial charge < -0.3 is 15.1 Å². The van der Waals surface area contributed by atoms with E-state index in [1.54, 1.807) is 6.33 Å². The summed E-state index contributed by atoms with van der Waals surface area (Å²) >= 11 is 0. The van der Waals surface area contributed by atoms with Gasteiger partial charge in [0.15, 0.2) is 0 Å². The first kappa shape index (κ1) is 16.1. The van der Waals surface area contributed by atoms with E-state index in [0.29, 0.717) is 5.92 Å². The molecule has 1 atom stereocenters. The highest BCUT2D eigenvalue weighted by Gasteiger charge is 2.32. The summed E-state index contributed by atoms with van der Waals surface area (Å²) in [6.45, 7) is 7.78. The molecule has 6 heteroatoms. The maximum absolute atomic E-state index is 12.0. The summed E-state index contributed by atoms with van der Waals surface area (Å²) in [5.74, 6) is 1.47. The molecular formula is C19H25N5O. The van der Waals surface area contributed by atoms with Crippen LogP contribution in [-0.4, -0.2) is 53.1 Å². The minimum absolute atomic E-state index is 0.0708. The number of nitrogens with zero attached hydrogens (tertiary/aromatic N) is 4. The fourth-order valence-corrected chi connectivity index (χ4v) is 3.91. The van der Waals surface area contributed by atoms with Gasteiger partial charge in [-0.3, -0.25) is 0 Å². The first-order valence-corrected chi connectivity index (χ1v) is 9.17. The van der Waals surface area contributed by atoms with E-state index in [1.165, 1.54) is 5.56 Å². The molecule has 2 aliphatic heterocycles. The Hall–Kier alpha value is -2.37. The summed E-state index contributed by atoms with van der Waals surface area (Å²) in [4.78, 5) is 25.4. The first-order chi connectivity index (χ1) is 12.1. The van der Waals surface area contributed by atoms with Gasteiger partial charge in [0, 0.05) is 31.6 Å². The molecule has 2 amide bonds. The fourth-order valence-electron chi connectivity index (χ4n) is 3.91. The summed E-state index contributed by atoms with van der Waals surface area (Å²) in [6, 6.07) is 6.79. The number of benzene rings is 1. The number of urea groups is 1. The zero-order valence-electron chi connectivity index (χ0n) is 14.9. The molecule has 0 radical (unpaired) electrons. The molecule has 0 bridgehead atoms. The second kappa shape index (κ2) is 6.50. The summed E-state index contributed by atoms with van der Waals surface area (Å²) < 4.78 is 0. The lowest BCUT2D eigenvalue weighted by Crippen LogP contribution is -2.49. The van der Waals surface area contributed by atoms with Crippen molar-refractivity contribution in [1.29, 1.82) is 0 Å². The highest BCUT2D eigenvalue weighted by molar-refractivity contribution is 5.90. The highest BCUT2D eigenvalue weighted by atomic mass is 16.2. The molecule has 2 aromatic rings. The Kier molecular flexibility index (Phi) is 4.19. The van der Waals surface area contributed by atoms with Crippen LogP contribution in [-0.2, 0) is 0 Å². The van der Waals surface area contributed by atoms with Crippen LogP contribution in [0.4, 0.5) is 10.6 Å². The molecule has 2 aliphatic rings.